The summed E-state index contributed by atoms with van der Waals surface area (Å²) in [5.74, 6) is 0. The van der Waals surface area contributed by atoms with E-state index in [1.54, 1.807) is 37.3 Å². The Labute approximate surface area is 206 Å². The summed E-state index contributed by atoms with van der Waals surface area (Å²) in [6, 6.07) is 18.7. The molecule has 8 heteroatoms. The van der Waals surface area contributed by atoms with Crippen molar-refractivity contribution in [3.63, 3.8) is 0 Å². The molecule has 0 saturated heterocycles. The van der Waals surface area contributed by atoms with Crippen LogP contribution in [0.2, 0.25) is 5.02 Å². The molecule has 34 heavy (non-hydrogen) atoms. The van der Waals surface area contributed by atoms with Crippen molar-refractivity contribution in [1.29, 1.82) is 0 Å². The van der Waals surface area contributed by atoms with Crippen LogP contribution in [0.4, 0.5) is 16.2 Å². The lowest BCUT2D eigenvalue weighted by atomic mass is 10.0. The Balaban J connectivity index is 1.67. The number of allylic oxidation sites excluding steroid dienone is 1. The van der Waals surface area contributed by atoms with Gasteiger partial charge in [0, 0.05) is 16.8 Å². The zero-order chi connectivity index (χ0) is 24.9. The van der Waals surface area contributed by atoms with Crippen molar-refractivity contribution in [3.05, 3.63) is 95.0 Å². The quantitative estimate of drug-likeness (QED) is 0.344. The SMILES string of the molecule is C=C(C)c1cccc(CC(C)NC(=O)Nc2ccc(C)c(S(=O)(=O)Nc3cccc(Cl)c3)c2)c1. The average Bonchev–Trinajstić information content (AvgIpc) is 2.74. The zero-order valence-corrected chi connectivity index (χ0v) is 20.9. The topological polar surface area (TPSA) is 87.3 Å². The molecule has 6 nitrogen and oxygen atoms in total. The maximum atomic E-state index is 12.9. The summed E-state index contributed by atoms with van der Waals surface area (Å²) in [6.07, 6.45) is 0.644. The number of anilines is 2. The van der Waals surface area contributed by atoms with E-state index in [0.717, 1.165) is 16.7 Å². The Morgan fingerprint density at radius 2 is 1.76 bits per heavy atom. The molecule has 0 aliphatic carbocycles. The number of aryl methyl sites for hydroxylation is 1. The smallest absolute Gasteiger partial charge is 0.319 e. The molecule has 0 fully saturated rings. The van der Waals surface area contributed by atoms with Gasteiger partial charge < -0.3 is 10.6 Å². The van der Waals surface area contributed by atoms with E-state index in [1.807, 2.05) is 32.0 Å². The molecule has 0 aliphatic heterocycles. The third kappa shape index (κ3) is 6.85. The van der Waals surface area contributed by atoms with Crippen molar-refractivity contribution in [2.24, 2.45) is 0 Å². The number of hydrogen-bond acceptors (Lipinski definition) is 3. The number of carbonyl (C=O) groups is 1. The molecular weight excluding hydrogens is 470 g/mol. The lowest BCUT2D eigenvalue weighted by molar-refractivity contribution is 0.249. The molecule has 0 heterocycles. The Kier molecular flexibility index (Phi) is 8.02. The minimum Gasteiger partial charge on any atom is -0.335 e. The Hall–Kier alpha value is -3.29. The second-order valence-electron chi connectivity index (χ2n) is 8.28. The number of urea groups is 1. The predicted octanol–water partition coefficient (Wildman–Crippen LogP) is 6.24. The molecule has 2 amide bonds. The van der Waals surface area contributed by atoms with Crippen molar-refractivity contribution < 1.29 is 13.2 Å². The molecule has 3 rings (SSSR count). The van der Waals surface area contributed by atoms with Gasteiger partial charge in [-0.05, 0) is 74.2 Å². The molecule has 0 saturated carbocycles. The van der Waals surface area contributed by atoms with Crippen LogP contribution < -0.4 is 15.4 Å². The summed E-state index contributed by atoms with van der Waals surface area (Å²) in [7, 11) is -3.88. The monoisotopic (exact) mass is 497 g/mol. The second kappa shape index (κ2) is 10.8. The first-order chi connectivity index (χ1) is 16.0. The molecule has 0 spiro atoms. The van der Waals surface area contributed by atoms with Gasteiger partial charge in [-0.15, -0.1) is 0 Å². The minimum absolute atomic E-state index is 0.0648. The molecule has 1 atom stereocenters. The predicted molar refractivity (Wildman–Crippen MR) is 140 cm³/mol. The largest absolute Gasteiger partial charge is 0.335 e. The summed E-state index contributed by atoms with van der Waals surface area (Å²) in [5, 5.41) is 6.04. The average molecular weight is 498 g/mol. The molecule has 3 aromatic rings. The van der Waals surface area contributed by atoms with Crippen molar-refractivity contribution in [3.8, 4) is 0 Å². The van der Waals surface area contributed by atoms with E-state index in [2.05, 4.69) is 28.0 Å². The fourth-order valence-electron chi connectivity index (χ4n) is 3.49. The molecule has 0 bridgehead atoms. The van der Waals surface area contributed by atoms with Crippen molar-refractivity contribution in [1.82, 2.24) is 5.32 Å². The van der Waals surface area contributed by atoms with Crippen LogP contribution in [0.25, 0.3) is 5.57 Å². The van der Waals surface area contributed by atoms with Gasteiger partial charge in [0.25, 0.3) is 10.0 Å². The standard InChI is InChI=1S/C26H28ClN3O3S/c1-17(2)21-8-5-7-20(14-21)13-19(4)28-26(31)29-23-12-11-18(3)25(16-23)34(32,33)30-24-10-6-9-22(27)15-24/h5-12,14-16,19,30H,1,13H2,2-4H3,(H2,28,29,31). The summed E-state index contributed by atoms with van der Waals surface area (Å²) < 4.78 is 28.4. The molecule has 0 radical (unpaired) electrons. The van der Waals surface area contributed by atoms with E-state index in [-0.39, 0.29) is 10.9 Å². The van der Waals surface area contributed by atoms with Gasteiger partial charge in [-0.25, -0.2) is 13.2 Å². The zero-order valence-electron chi connectivity index (χ0n) is 19.4. The Bertz CT molecular complexity index is 1320. The van der Waals surface area contributed by atoms with Crippen LogP contribution in [-0.2, 0) is 16.4 Å². The maximum Gasteiger partial charge on any atom is 0.319 e. The molecule has 3 N–H and O–H groups in total. The first kappa shape index (κ1) is 25.3. The van der Waals surface area contributed by atoms with Crippen LogP contribution in [0.3, 0.4) is 0 Å². The van der Waals surface area contributed by atoms with Gasteiger partial charge in [0.1, 0.15) is 0 Å². The number of nitrogens with one attached hydrogen (secondary N) is 3. The summed E-state index contributed by atoms with van der Waals surface area (Å²) in [4.78, 5) is 12.6. The van der Waals surface area contributed by atoms with E-state index < -0.39 is 16.1 Å². The van der Waals surface area contributed by atoms with Gasteiger partial charge in [-0.3, -0.25) is 4.72 Å². The number of halogens is 1. The van der Waals surface area contributed by atoms with Crippen LogP contribution >= 0.6 is 11.6 Å². The number of sulfonamides is 1. The highest BCUT2D eigenvalue weighted by molar-refractivity contribution is 7.92. The van der Waals surface area contributed by atoms with Crippen LogP contribution in [0.5, 0.6) is 0 Å². The van der Waals surface area contributed by atoms with Gasteiger partial charge in [0.05, 0.1) is 10.6 Å². The van der Waals surface area contributed by atoms with Crippen LogP contribution in [0.15, 0.2) is 78.2 Å². The lowest BCUT2D eigenvalue weighted by Crippen LogP contribution is -2.37. The van der Waals surface area contributed by atoms with Gasteiger partial charge in [0.15, 0.2) is 0 Å². The number of amides is 2. The molecular formula is C26H28ClN3O3S. The Morgan fingerprint density at radius 3 is 2.47 bits per heavy atom. The van der Waals surface area contributed by atoms with E-state index in [0.29, 0.717) is 28.4 Å². The van der Waals surface area contributed by atoms with Gasteiger partial charge >= 0.3 is 6.03 Å². The maximum absolute atomic E-state index is 12.9. The fourth-order valence-corrected chi connectivity index (χ4v) is 5.00. The highest BCUT2D eigenvalue weighted by Crippen LogP contribution is 2.24. The molecule has 178 valence electrons. The first-order valence-corrected chi connectivity index (χ1v) is 12.6. The van der Waals surface area contributed by atoms with Crippen molar-refractivity contribution in [2.45, 2.75) is 38.1 Å². The van der Waals surface area contributed by atoms with Crippen LogP contribution in [0.1, 0.15) is 30.5 Å². The molecule has 0 aromatic heterocycles. The fraction of sp³-hybridized carbons (Fsp3) is 0.192. The lowest BCUT2D eigenvalue weighted by Gasteiger charge is -2.16. The molecule has 3 aromatic carbocycles. The third-order valence-corrected chi connectivity index (χ3v) is 6.91. The Morgan fingerprint density at radius 1 is 1.03 bits per heavy atom. The van der Waals surface area contributed by atoms with Crippen LogP contribution in [-0.4, -0.2) is 20.5 Å². The van der Waals surface area contributed by atoms with E-state index in [4.69, 9.17) is 11.6 Å². The molecule has 1 unspecified atom stereocenters. The van der Waals surface area contributed by atoms with E-state index in [9.17, 15) is 13.2 Å². The van der Waals surface area contributed by atoms with Crippen molar-refractivity contribution >= 4 is 44.6 Å². The van der Waals surface area contributed by atoms with Crippen molar-refractivity contribution in [2.75, 3.05) is 10.0 Å². The number of rotatable bonds is 8. The summed E-state index contributed by atoms with van der Waals surface area (Å²) in [5.41, 5.74) is 4.40. The third-order valence-electron chi connectivity index (χ3n) is 5.15. The van der Waals surface area contributed by atoms with Gasteiger partial charge in [-0.2, -0.15) is 0 Å². The number of benzene rings is 3. The van der Waals surface area contributed by atoms with E-state index in [1.165, 1.54) is 12.1 Å². The van der Waals surface area contributed by atoms with Crippen LogP contribution in [0, 0.1) is 6.92 Å². The summed E-state index contributed by atoms with van der Waals surface area (Å²) >= 11 is 5.95. The number of hydrogen-bond donors (Lipinski definition) is 3. The highest BCUT2D eigenvalue weighted by atomic mass is 35.5. The normalized spacial score (nSPS) is 12.0. The highest BCUT2D eigenvalue weighted by Gasteiger charge is 2.19. The second-order valence-corrected chi connectivity index (χ2v) is 10.4. The van der Waals surface area contributed by atoms with Gasteiger partial charge in [0.2, 0.25) is 0 Å². The molecule has 0 aliphatic rings. The number of carbonyl (C=O) groups excluding carboxylic acids is 1. The minimum atomic E-state index is -3.88. The van der Waals surface area contributed by atoms with E-state index >= 15 is 0 Å². The first-order valence-electron chi connectivity index (χ1n) is 10.7. The summed E-state index contributed by atoms with van der Waals surface area (Å²) in [6.45, 7) is 9.52. The van der Waals surface area contributed by atoms with Gasteiger partial charge in [-0.1, -0.05) is 60.2 Å².